The zero-order valence-electron chi connectivity index (χ0n) is 13.0. The van der Waals surface area contributed by atoms with Crippen LogP contribution < -0.4 is 16.2 Å². The van der Waals surface area contributed by atoms with Gasteiger partial charge in [-0.2, -0.15) is 16.8 Å². The van der Waals surface area contributed by atoms with Crippen molar-refractivity contribution < 1.29 is 8.42 Å². The summed E-state index contributed by atoms with van der Waals surface area (Å²) in [5.41, 5.74) is 12.1. The minimum atomic E-state index is -3.48. The third-order valence-corrected chi connectivity index (χ3v) is 6.33. The van der Waals surface area contributed by atoms with Gasteiger partial charge in [-0.25, -0.2) is 13.4 Å². The number of hydrogen-bond acceptors (Lipinski definition) is 7. The Kier molecular flexibility index (Phi) is 5.25. The summed E-state index contributed by atoms with van der Waals surface area (Å²) in [6.45, 7) is 0.502. The van der Waals surface area contributed by atoms with Gasteiger partial charge in [-0.1, -0.05) is 12.1 Å². The number of aromatic nitrogens is 1. The predicted molar refractivity (Wildman–Crippen MR) is 102 cm³/mol. The molecule has 0 fully saturated rings. The van der Waals surface area contributed by atoms with Gasteiger partial charge >= 0.3 is 0 Å². The second-order valence-electron chi connectivity index (χ2n) is 5.04. The van der Waals surface area contributed by atoms with Crippen LogP contribution in [0.1, 0.15) is 11.3 Å². The standard InChI is InChI=1S/C14H16N6O2S3/c15-13(16)19-14-18-9(8-24-14)7-23-6-5-17-12-10-3-1-2-4-11(10)25(21,22)20-12/h1-4,8H,5-7H2,(H,17,20)(H4,15,16,18,19). The molecule has 0 atom stereocenters. The number of rotatable bonds is 6. The van der Waals surface area contributed by atoms with Gasteiger partial charge in [-0.05, 0) is 12.1 Å². The number of sulfonamides is 1. The predicted octanol–water partition coefficient (Wildman–Crippen LogP) is 1.02. The lowest BCUT2D eigenvalue weighted by Crippen LogP contribution is -2.22. The molecule has 8 nitrogen and oxygen atoms in total. The van der Waals surface area contributed by atoms with Crippen LogP contribution in [0.4, 0.5) is 5.13 Å². The van der Waals surface area contributed by atoms with E-state index in [0.29, 0.717) is 28.8 Å². The van der Waals surface area contributed by atoms with Crippen molar-refractivity contribution in [2.24, 2.45) is 21.5 Å². The van der Waals surface area contributed by atoms with Gasteiger partial charge in [-0.3, -0.25) is 9.71 Å². The third kappa shape index (κ3) is 4.30. The fraction of sp³-hybridized carbons (Fsp3) is 0.214. The maximum absolute atomic E-state index is 12.0. The zero-order chi connectivity index (χ0) is 17.9. The lowest BCUT2D eigenvalue weighted by atomic mass is 10.2. The highest BCUT2D eigenvalue weighted by Gasteiger charge is 2.29. The van der Waals surface area contributed by atoms with Crippen molar-refractivity contribution in [3.05, 3.63) is 40.9 Å². The molecule has 2 heterocycles. The Morgan fingerprint density at radius 3 is 2.92 bits per heavy atom. The first kappa shape index (κ1) is 17.7. The first-order chi connectivity index (χ1) is 12.0. The van der Waals surface area contributed by atoms with Gasteiger partial charge in [0.25, 0.3) is 10.0 Å². The highest BCUT2D eigenvalue weighted by molar-refractivity contribution is 7.98. The minimum absolute atomic E-state index is 0.0105. The number of aliphatic imine (C=N–C) groups is 2. The van der Waals surface area contributed by atoms with Crippen LogP contribution in [-0.2, 0) is 15.8 Å². The lowest BCUT2D eigenvalue weighted by molar-refractivity contribution is 0.595. The second kappa shape index (κ2) is 7.42. The summed E-state index contributed by atoms with van der Waals surface area (Å²) in [4.78, 5) is 12.8. The number of hydrogen-bond donors (Lipinski definition) is 3. The van der Waals surface area contributed by atoms with Crippen LogP contribution >= 0.6 is 23.1 Å². The number of nitrogens with one attached hydrogen (secondary N) is 1. The molecule has 11 heteroatoms. The van der Waals surface area contributed by atoms with E-state index < -0.39 is 10.0 Å². The smallest absolute Gasteiger partial charge is 0.263 e. The molecule has 1 aliphatic heterocycles. The van der Waals surface area contributed by atoms with E-state index in [4.69, 9.17) is 11.5 Å². The molecule has 0 spiro atoms. The van der Waals surface area contributed by atoms with Crippen LogP contribution in [0, 0.1) is 0 Å². The fourth-order valence-corrected chi connectivity index (χ4v) is 4.96. The molecule has 0 radical (unpaired) electrons. The summed E-state index contributed by atoms with van der Waals surface area (Å²) >= 11 is 3.03. The molecule has 1 aromatic carbocycles. The van der Waals surface area contributed by atoms with E-state index in [1.807, 2.05) is 5.38 Å². The number of amidine groups is 1. The van der Waals surface area contributed by atoms with Gasteiger partial charge in [0.05, 0.1) is 17.1 Å². The van der Waals surface area contributed by atoms with Gasteiger partial charge in [0.2, 0.25) is 5.13 Å². The van der Waals surface area contributed by atoms with Crippen LogP contribution in [0.25, 0.3) is 0 Å². The Balaban J connectivity index is 1.53. The number of thioether (sulfide) groups is 1. The van der Waals surface area contributed by atoms with Gasteiger partial charge in [0.1, 0.15) is 5.84 Å². The Morgan fingerprint density at radius 2 is 2.12 bits per heavy atom. The Bertz CT molecular complexity index is 932. The molecule has 3 rings (SSSR count). The summed E-state index contributed by atoms with van der Waals surface area (Å²) in [6.07, 6.45) is 0. The first-order valence-corrected chi connectivity index (χ1v) is 10.8. The number of fused-ring (bicyclic) bond motifs is 1. The van der Waals surface area contributed by atoms with Crippen molar-refractivity contribution in [3.63, 3.8) is 0 Å². The molecule has 5 N–H and O–H groups in total. The summed E-state index contributed by atoms with van der Waals surface area (Å²) < 4.78 is 26.5. The van der Waals surface area contributed by atoms with Crippen LogP contribution in [0.2, 0.25) is 0 Å². The fourth-order valence-electron chi connectivity index (χ4n) is 2.17. The Hall–Kier alpha value is -2.11. The highest BCUT2D eigenvalue weighted by Crippen LogP contribution is 2.23. The van der Waals surface area contributed by atoms with Crippen LogP contribution in [0.3, 0.4) is 0 Å². The van der Waals surface area contributed by atoms with E-state index in [1.165, 1.54) is 11.3 Å². The molecule has 1 aliphatic rings. The quantitative estimate of drug-likeness (QED) is 0.379. The van der Waals surface area contributed by atoms with Crippen LogP contribution in [0.15, 0.2) is 44.5 Å². The van der Waals surface area contributed by atoms with Crippen molar-refractivity contribution in [3.8, 4) is 0 Å². The molecule has 0 aliphatic carbocycles. The van der Waals surface area contributed by atoms with Gasteiger partial charge in [0.15, 0.2) is 5.96 Å². The average Bonchev–Trinajstić information content (AvgIpc) is 3.09. The number of nitrogens with two attached hydrogens (primary N) is 2. The van der Waals surface area contributed by atoms with Crippen molar-refractivity contribution in [2.75, 3.05) is 12.3 Å². The van der Waals surface area contributed by atoms with Crippen molar-refractivity contribution in [2.45, 2.75) is 10.6 Å². The van der Waals surface area contributed by atoms with Crippen LogP contribution in [-0.4, -0.2) is 37.5 Å². The molecule has 0 unspecified atom stereocenters. The lowest BCUT2D eigenvalue weighted by Gasteiger charge is -1.99. The summed E-state index contributed by atoms with van der Waals surface area (Å²) in [6, 6.07) is 6.81. The SMILES string of the molecule is NC(N)=Nc1nc(CSCCN=C2NS(=O)(=O)c3ccccc32)cs1. The van der Waals surface area contributed by atoms with E-state index >= 15 is 0 Å². The second-order valence-corrected chi connectivity index (χ2v) is 8.64. The topological polar surface area (TPSA) is 136 Å². The zero-order valence-corrected chi connectivity index (χ0v) is 15.5. The van der Waals surface area contributed by atoms with E-state index in [9.17, 15) is 8.42 Å². The Labute approximate surface area is 153 Å². The molecule has 132 valence electrons. The molecule has 1 aromatic heterocycles. The van der Waals surface area contributed by atoms with E-state index in [1.54, 1.807) is 36.0 Å². The molecular formula is C14H16N6O2S3. The van der Waals surface area contributed by atoms with Crippen LogP contribution in [0.5, 0.6) is 0 Å². The third-order valence-electron chi connectivity index (χ3n) is 3.18. The summed E-state index contributed by atoms with van der Waals surface area (Å²) in [7, 11) is -3.48. The summed E-state index contributed by atoms with van der Waals surface area (Å²) in [5.74, 6) is 1.84. The van der Waals surface area contributed by atoms with E-state index in [-0.39, 0.29) is 10.9 Å². The van der Waals surface area contributed by atoms with Crippen molar-refractivity contribution in [1.82, 2.24) is 9.71 Å². The van der Waals surface area contributed by atoms with Crippen molar-refractivity contribution in [1.29, 1.82) is 0 Å². The number of thiazole rings is 1. The van der Waals surface area contributed by atoms with Gasteiger partial charge < -0.3 is 11.5 Å². The highest BCUT2D eigenvalue weighted by atomic mass is 32.2. The maximum atomic E-state index is 12.0. The van der Waals surface area contributed by atoms with E-state index in [2.05, 4.69) is 19.7 Å². The van der Waals surface area contributed by atoms with Gasteiger partial charge in [0, 0.05) is 22.4 Å². The number of benzene rings is 1. The molecule has 0 amide bonds. The molecule has 25 heavy (non-hydrogen) atoms. The Morgan fingerprint density at radius 1 is 1.32 bits per heavy atom. The number of nitrogens with zero attached hydrogens (tertiary/aromatic N) is 3. The van der Waals surface area contributed by atoms with Gasteiger partial charge in [-0.15, -0.1) is 11.3 Å². The molecule has 0 saturated heterocycles. The first-order valence-electron chi connectivity index (χ1n) is 7.24. The number of guanidine groups is 1. The van der Waals surface area contributed by atoms with Crippen molar-refractivity contribution >= 4 is 50.0 Å². The minimum Gasteiger partial charge on any atom is -0.370 e. The molecule has 0 bridgehead atoms. The average molecular weight is 397 g/mol. The normalized spacial score (nSPS) is 16.4. The summed E-state index contributed by atoms with van der Waals surface area (Å²) in [5, 5.41) is 2.44. The maximum Gasteiger partial charge on any atom is 0.263 e. The van der Waals surface area contributed by atoms with E-state index in [0.717, 1.165) is 11.4 Å². The molecule has 0 saturated carbocycles. The largest absolute Gasteiger partial charge is 0.370 e. The molecule has 2 aromatic rings. The monoisotopic (exact) mass is 396 g/mol. The molecular weight excluding hydrogens is 380 g/mol.